The van der Waals surface area contributed by atoms with Crippen molar-refractivity contribution in [1.82, 2.24) is 4.98 Å². The van der Waals surface area contributed by atoms with Crippen molar-refractivity contribution >= 4 is 17.5 Å². The van der Waals surface area contributed by atoms with Gasteiger partial charge in [-0.3, -0.25) is 19.4 Å². The van der Waals surface area contributed by atoms with E-state index in [0.717, 1.165) is 5.56 Å². The number of aromatic nitrogens is 1. The first-order valence-electron chi connectivity index (χ1n) is 8.45. The van der Waals surface area contributed by atoms with Crippen molar-refractivity contribution in [2.24, 2.45) is 10.8 Å². The third-order valence-electron chi connectivity index (χ3n) is 4.04. The topological polar surface area (TPSA) is 73.3 Å². The zero-order valence-electron chi connectivity index (χ0n) is 16.3. The Hall–Kier alpha value is -2.04. The van der Waals surface area contributed by atoms with Crippen LogP contribution in [0.4, 0.5) is 0 Å². The van der Waals surface area contributed by atoms with Gasteiger partial charge in [0.15, 0.2) is 11.4 Å². The molecular formula is C20H29NO4. The summed E-state index contributed by atoms with van der Waals surface area (Å²) in [4.78, 5) is 41.2. The number of carbonyl (C=O) groups excluding carboxylic acids is 3. The van der Waals surface area contributed by atoms with Gasteiger partial charge in [-0.25, -0.2) is 0 Å². The molecule has 0 aliphatic rings. The van der Waals surface area contributed by atoms with Crippen molar-refractivity contribution in [2.75, 3.05) is 0 Å². The summed E-state index contributed by atoms with van der Waals surface area (Å²) in [5.74, 6) is -0.763. The number of esters is 1. The fourth-order valence-electron chi connectivity index (χ4n) is 2.73. The number of nitrogens with zero attached hydrogens (tertiary/aromatic N) is 1. The van der Waals surface area contributed by atoms with Crippen LogP contribution in [0.15, 0.2) is 24.5 Å². The van der Waals surface area contributed by atoms with Crippen molar-refractivity contribution in [3.8, 4) is 0 Å². The second-order valence-electron chi connectivity index (χ2n) is 8.58. The molecule has 0 saturated carbocycles. The lowest BCUT2D eigenvalue weighted by molar-refractivity contribution is -0.167. The van der Waals surface area contributed by atoms with E-state index in [1.165, 1.54) is 0 Å². The number of hydrogen-bond donors (Lipinski definition) is 0. The molecule has 1 aromatic rings. The zero-order chi connectivity index (χ0) is 19.5. The van der Waals surface area contributed by atoms with E-state index in [1.807, 2.05) is 20.8 Å². The van der Waals surface area contributed by atoms with Crippen LogP contribution in [0, 0.1) is 10.8 Å². The quantitative estimate of drug-likeness (QED) is 0.705. The lowest BCUT2D eigenvalue weighted by Crippen LogP contribution is -2.41. The molecule has 0 radical (unpaired) electrons. The number of ether oxygens (including phenoxy) is 1. The smallest absolute Gasteiger partial charge is 0.307 e. The Morgan fingerprint density at radius 3 is 1.96 bits per heavy atom. The number of Topliss-reactive ketones (excluding diaryl/α,β-unsaturated/α-hetero) is 2. The van der Waals surface area contributed by atoms with Gasteiger partial charge in [0.1, 0.15) is 5.78 Å². The standard InChI is InChI=1S/C20H29NO4/c1-18(2,3)17(24)19(4,5)13-16(23)25-20(6,7)15(22)12-14-8-10-21-11-9-14/h8-11H,12-13H2,1-7H3. The molecular weight excluding hydrogens is 318 g/mol. The number of ketones is 2. The van der Waals surface area contributed by atoms with Gasteiger partial charge in [-0.05, 0) is 31.5 Å². The highest BCUT2D eigenvalue weighted by atomic mass is 16.6. The van der Waals surface area contributed by atoms with Crippen molar-refractivity contribution < 1.29 is 19.1 Å². The minimum absolute atomic E-state index is 0.0159. The molecule has 0 atom stereocenters. The van der Waals surface area contributed by atoms with Gasteiger partial charge < -0.3 is 4.74 Å². The van der Waals surface area contributed by atoms with Crippen LogP contribution in [0.1, 0.15) is 60.5 Å². The molecule has 1 aromatic heterocycles. The van der Waals surface area contributed by atoms with Crippen LogP contribution in [0.3, 0.4) is 0 Å². The Balaban J connectivity index is 2.74. The van der Waals surface area contributed by atoms with Crippen LogP contribution in [-0.2, 0) is 25.5 Å². The van der Waals surface area contributed by atoms with Crippen LogP contribution < -0.4 is 0 Å². The average Bonchev–Trinajstić information content (AvgIpc) is 2.45. The third kappa shape index (κ3) is 6.07. The fourth-order valence-corrected chi connectivity index (χ4v) is 2.73. The molecule has 0 bridgehead atoms. The number of pyridine rings is 1. The lowest BCUT2D eigenvalue weighted by Gasteiger charge is -2.31. The van der Waals surface area contributed by atoms with E-state index < -0.39 is 22.4 Å². The van der Waals surface area contributed by atoms with E-state index >= 15 is 0 Å². The van der Waals surface area contributed by atoms with Gasteiger partial charge in [-0.15, -0.1) is 0 Å². The molecule has 138 valence electrons. The summed E-state index contributed by atoms with van der Waals surface area (Å²) < 4.78 is 5.41. The normalized spacial score (nSPS) is 12.6. The van der Waals surface area contributed by atoms with Crippen molar-refractivity contribution in [2.45, 2.75) is 66.9 Å². The first kappa shape index (κ1) is 21.0. The Kier molecular flexibility index (Phi) is 6.27. The second kappa shape index (κ2) is 7.46. The summed E-state index contributed by atoms with van der Waals surface area (Å²) in [6.07, 6.45) is 3.33. The molecule has 1 rings (SSSR count). The number of hydrogen-bond acceptors (Lipinski definition) is 5. The van der Waals surface area contributed by atoms with Crippen LogP contribution in [0.5, 0.6) is 0 Å². The van der Waals surface area contributed by atoms with Gasteiger partial charge >= 0.3 is 5.97 Å². The lowest BCUT2D eigenvalue weighted by atomic mass is 9.73. The van der Waals surface area contributed by atoms with E-state index in [-0.39, 0.29) is 24.4 Å². The van der Waals surface area contributed by atoms with Gasteiger partial charge in [0.2, 0.25) is 0 Å². The fraction of sp³-hybridized carbons (Fsp3) is 0.600. The monoisotopic (exact) mass is 347 g/mol. The Morgan fingerprint density at radius 1 is 0.960 bits per heavy atom. The molecule has 1 heterocycles. The van der Waals surface area contributed by atoms with E-state index in [0.29, 0.717) is 0 Å². The molecule has 0 fully saturated rings. The maximum atomic E-state index is 12.5. The van der Waals surface area contributed by atoms with Gasteiger partial charge in [-0.1, -0.05) is 34.6 Å². The predicted octanol–water partition coefficient (Wildman–Crippen LogP) is 3.55. The molecule has 0 saturated heterocycles. The summed E-state index contributed by atoms with van der Waals surface area (Å²) in [6, 6.07) is 3.50. The molecule has 0 aliphatic heterocycles. The largest absolute Gasteiger partial charge is 0.452 e. The van der Waals surface area contributed by atoms with Crippen LogP contribution >= 0.6 is 0 Å². The van der Waals surface area contributed by atoms with Crippen LogP contribution in [0.2, 0.25) is 0 Å². The van der Waals surface area contributed by atoms with Gasteiger partial charge in [0.05, 0.1) is 6.42 Å². The average molecular weight is 347 g/mol. The molecule has 0 N–H and O–H groups in total. The first-order chi connectivity index (χ1) is 11.3. The van der Waals surface area contributed by atoms with Gasteiger partial charge in [0.25, 0.3) is 0 Å². The summed E-state index contributed by atoms with van der Waals surface area (Å²) in [5.41, 5.74) is -1.83. The van der Waals surface area contributed by atoms with Gasteiger partial charge in [-0.2, -0.15) is 0 Å². The van der Waals surface area contributed by atoms with E-state index in [9.17, 15) is 14.4 Å². The van der Waals surface area contributed by atoms with Crippen LogP contribution in [-0.4, -0.2) is 28.1 Å². The summed E-state index contributed by atoms with van der Waals surface area (Å²) in [5, 5.41) is 0. The zero-order valence-corrected chi connectivity index (χ0v) is 16.3. The maximum absolute atomic E-state index is 12.5. The highest BCUT2D eigenvalue weighted by Gasteiger charge is 2.40. The van der Waals surface area contributed by atoms with E-state index in [2.05, 4.69) is 4.98 Å². The molecule has 0 amide bonds. The Labute approximate surface area is 150 Å². The van der Waals surface area contributed by atoms with Crippen molar-refractivity contribution in [1.29, 1.82) is 0 Å². The minimum atomic E-state index is -1.25. The summed E-state index contributed by atoms with van der Waals surface area (Å²) in [7, 11) is 0. The highest BCUT2D eigenvalue weighted by molar-refractivity contribution is 5.93. The van der Waals surface area contributed by atoms with Crippen molar-refractivity contribution in [3.05, 3.63) is 30.1 Å². The summed E-state index contributed by atoms with van der Waals surface area (Å²) >= 11 is 0. The SMILES string of the molecule is CC(C)(C)C(=O)C(C)(C)CC(=O)OC(C)(C)C(=O)Cc1ccncc1. The predicted molar refractivity (Wildman–Crippen MR) is 96.0 cm³/mol. The molecule has 0 unspecified atom stereocenters. The second-order valence-corrected chi connectivity index (χ2v) is 8.58. The Morgan fingerprint density at radius 2 is 1.48 bits per heavy atom. The van der Waals surface area contributed by atoms with E-state index in [4.69, 9.17) is 4.74 Å². The minimum Gasteiger partial charge on any atom is -0.452 e. The molecule has 25 heavy (non-hydrogen) atoms. The first-order valence-corrected chi connectivity index (χ1v) is 8.45. The van der Waals surface area contributed by atoms with Crippen LogP contribution in [0.25, 0.3) is 0 Å². The molecule has 0 aromatic carbocycles. The van der Waals surface area contributed by atoms with Crippen molar-refractivity contribution in [3.63, 3.8) is 0 Å². The molecule has 0 aliphatic carbocycles. The molecule has 5 heteroatoms. The Bertz CT molecular complexity index is 639. The third-order valence-corrected chi connectivity index (χ3v) is 4.04. The number of rotatable bonds is 7. The number of carbonyl (C=O) groups is 3. The molecule has 0 spiro atoms. The summed E-state index contributed by atoms with van der Waals surface area (Å²) in [6.45, 7) is 12.1. The van der Waals surface area contributed by atoms with E-state index in [1.54, 1.807) is 52.2 Å². The maximum Gasteiger partial charge on any atom is 0.307 e. The highest BCUT2D eigenvalue weighted by Crippen LogP contribution is 2.32. The molecule has 5 nitrogen and oxygen atoms in total. The van der Waals surface area contributed by atoms with Gasteiger partial charge in [0, 0.05) is 29.6 Å².